The summed E-state index contributed by atoms with van der Waals surface area (Å²) in [4.78, 5) is 30.6. The Hall–Kier alpha value is -3.20. The summed E-state index contributed by atoms with van der Waals surface area (Å²) in [6.07, 6.45) is 3.27. The van der Waals surface area contributed by atoms with E-state index in [0.717, 1.165) is 59.9 Å². The fourth-order valence-corrected chi connectivity index (χ4v) is 3.99. The molecule has 144 valence electrons. The summed E-state index contributed by atoms with van der Waals surface area (Å²) in [6, 6.07) is 5.75. The summed E-state index contributed by atoms with van der Waals surface area (Å²) in [7, 11) is 1.64. The number of carbonyl (C=O) groups excluding carboxylic acids is 1. The second-order valence-electron chi connectivity index (χ2n) is 7.36. The highest BCUT2D eigenvalue weighted by molar-refractivity contribution is 5.99. The van der Waals surface area contributed by atoms with Crippen molar-refractivity contribution in [2.24, 2.45) is 5.73 Å². The van der Waals surface area contributed by atoms with Crippen molar-refractivity contribution in [1.82, 2.24) is 19.9 Å². The highest BCUT2D eigenvalue weighted by Crippen LogP contribution is 2.35. The number of carbonyl (C=O) groups is 1. The number of fused-ring (bicyclic) bond motifs is 2. The van der Waals surface area contributed by atoms with Gasteiger partial charge in [-0.1, -0.05) is 0 Å². The number of H-pyrrole nitrogens is 1. The van der Waals surface area contributed by atoms with Gasteiger partial charge in [-0.2, -0.15) is 0 Å². The van der Waals surface area contributed by atoms with Crippen LogP contribution in [-0.2, 0) is 16.8 Å². The van der Waals surface area contributed by atoms with Gasteiger partial charge in [0.15, 0.2) is 0 Å². The van der Waals surface area contributed by atoms with E-state index in [0.29, 0.717) is 12.2 Å². The number of nitrogens with two attached hydrogens (primary N) is 1. The van der Waals surface area contributed by atoms with E-state index in [1.165, 1.54) is 6.33 Å². The smallest absolute Gasteiger partial charge is 0.230 e. The molecular weight excluding hydrogens is 358 g/mol. The van der Waals surface area contributed by atoms with E-state index in [9.17, 15) is 4.79 Å². The van der Waals surface area contributed by atoms with E-state index in [4.69, 9.17) is 15.5 Å². The van der Waals surface area contributed by atoms with Crippen LogP contribution in [0.1, 0.15) is 24.2 Å². The quantitative estimate of drug-likeness (QED) is 0.627. The SMILES string of the molecule is COc1ccc2nc(C3(N)CCN(c4ncnc5c4CC(=O)N5)CC3)[nH]c2c1. The number of aromatic nitrogens is 4. The van der Waals surface area contributed by atoms with Crippen LogP contribution in [0.4, 0.5) is 11.6 Å². The van der Waals surface area contributed by atoms with Gasteiger partial charge >= 0.3 is 0 Å². The molecule has 1 aromatic carbocycles. The van der Waals surface area contributed by atoms with Crippen molar-refractivity contribution in [3.8, 4) is 5.75 Å². The maximum Gasteiger partial charge on any atom is 0.230 e. The van der Waals surface area contributed by atoms with E-state index in [-0.39, 0.29) is 5.91 Å². The number of methoxy groups -OCH3 is 1. The molecular formula is C19H21N7O2. The van der Waals surface area contributed by atoms with Crippen LogP contribution in [0.5, 0.6) is 5.75 Å². The van der Waals surface area contributed by atoms with Crippen LogP contribution >= 0.6 is 0 Å². The summed E-state index contributed by atoms with van der Waals surface area (Å²) < 4.78 is 5.28. The summed E-state index contributed by atoms with van der Waals surface area (Å²) in [6.45, 7) is 1.46. The lowest BCUT2D eigenvalue weighted by molar-refractivity contribution is -0.115. The maximum atomic E-state index is 11.7. The van der Waals surface area contributed by atoms with Crippen molar-refractivity contribution < 1.29 is 9.53 Å². The molecule has 9 heteroatoms. The number of imidazole rings is 1. The molecule has 2 aliphatic rings. The molecule has 3 aromatic rings. The number of rotatable bonds is 3. The lowest BCUT2D eigenvalue weighted by atomic mass is 9.87. The zero-order valence-corrected chi connectivity index (χ0v) is 15.5. The zero-order valence-electron chi connectivity index (χ0n) is 15.5. The largest absolute Gasteiger partial charge is 0.497 e. The van der Waals surface area contributed by atoms with E-state index >= 15 is 0 Å². The minimum atomic E-state index is -0.535. The third-order valence-corrected chi connectivity index (χ3v) is 5.63. The molecule has 0 unspecified atom stereocenters. The Balaban J connectivity index is 1.38. The van der Waals surface area contributed by atoms with Gasteiger partial charge in [-0.3, -0.25) is 4.79 Å². The average molecular weight is 379 g/mol. The average Bonchev–Trinajstić information content (AvgIpc) is 3.30. The number of aromatic amines is 1. The van der Waals surface area contributed by atoms with E-state index in [1.807, 2.05) is 18.2 Å². The first-order valence-electron chi connectivity index (χ1n) is 9.27. The molecule has 5 rings (SSSR count). The number of amides is 1. The fourth-order valence-electron chi connectivity index (χ4n) is 3.99. The first kappa shape index (κ1) is 16.9. The number of hydrogen-bond donors (Lipinski definition) is 3. The fraction of sp³-hybridized carbons (Fsp3) is 0.368. The van der Waals surface area contributed by atoms with Crippen molar-refractivity contribution in [3.63, 3.8) is 0 Å². The van der Waals surface area contributed by atoms with Gasteiger partial charge in [0.05, 0.1) is 30.1 Å². The number of nitrogens with zero attached hydrogens (tertiary/aromatic N) is 4. The van der Waals surface area contributed by atoms with E-state index in [2.05, 4.69) is 25.2 Å². The van der Waals surface area contributed by atoms with Crippen LogP contribution in [-0.4, -0.2) is 46.0 Å². The standard InChI is InChI=1S/C19H21N7O2/c1-28-11-2-3-13-14(8-11)24-18(23-13)19(20)4-6-26(7-5-19)17-12-9-15(27)25-16(12)21-10-22-17/h2-3,8,10H,4-7,9,20H2,1H3,(H,23,24)(H,21,22,25,27). The molecule has 28 heavy (non-hydrogen) atoms. The minimum absolute atomic E-state index is 0.0420. The third kappa shape index (κ3) is 2.66. The molecule has 4 heterocycles. The Labute approximate surface area is 161 Å². The van der Waals surface area contributed by atoms with Crippen LogP contribution in [0, 0.1) is 0 Å². The topological polar surface area (TPSA) is 122 Å². The maximum absolute atomic E-state index is 11.7. The first-order valence-corrected chi connectivity index (χ1v) is 9.27. The molecule has 0 bridgehead atoms. The number of nitrogens with one attached hydrogen (secondary N) is 2. The minimum Gasteiger partial charge on any atom is -0.497 e. The third-order valence-electron chi connectivity index (χ3n) is 5.63. The van der Waals surface area contributed by atoms with Gasteiger partial charge in [0.2, 0.25) is 5.91 Å². The second-order valence-corrected chi connectivity index (χ2v) is 7.36. The van der Waals surface area contributed by atoms with Crippen molar-refractivity contribution in [3.05, 3.63) is 35.9 Å². The van der Waals surface area contributed by atoms with Gasteiger partial charge < -0.3 is 25.7 Å². The van der Waals surface area contributed by atoms with Crippen LogP contribution in [0.3, 0.4) is 0 Å². The van der Waals surface area contributed by atoms with Gasteiger partial charge in [0.25, 0.3) is 0 Å². The number of piperidine rings is 1. The van der Waals surface area contributed by atoms with Gasteiger partial charge in [-0.05, 0) is 25.0 Å². The Morgan fingerprint density at radius 2 is 2.07 bits per heavy atom. The van der Waals surface area contributed by atoms with Gasteiger partial charge in [-0.25, -0.2) is 15.0 Å². The van der Waals surface area contributed by atoms with Crippen molar-refractivity contribution in [2.75, 3.05) is 30.4 Å². The number of anilines is 2. The Morgan fingerprint density at radius 3 is 2.86 bits per heavy atom. The molecule has 1 fully saturated rings. The lowest BCUT2D eigenvalue weighted by Gasteiger charge is -2.38. The molecule has 1 amide bonds. The molecule has 1 saturated heterocycles. The molecule has 0 atom stereocenters. The molecule has 0 spiro atoms. The van der Waals surface area contributed by atoms with Crippen LogP contribution in [0.15, 0.2) is 24.5 Å². The van der Waals surface area contributed by atoms with Crippen molar-refractivity contribution in [2.45, 2.75) is 24.8 Å². The summed E-state index contributed by atoms with van der Waals surface area (Å²) in [5.41, 5.74) is 8.87. The molecule has 2 aliphatic heterocycles. The summed E-state index contributed by atoms with van der Waals surface area (Å²) >= 11 is 0. The molecule has 0 radical (unpaired) electrons. The van der Waals surface area contributed by atoms with Crippen LogP contribution < -0.4 is 20.7 Å². The normalized spacial score (nSPS) is 18.2. The van der Waals surface area contributed by atoms with E-state index < -0.39 is 5.54 Å². The summed E-state index contributed by atoms with van der Waals surface area (Å²) in [5, 5.41) is 2.78. The Morgan fingerprint density at radius 1 is 1.25 bits per heavy atom. The van der Waals surface area contributed by atoms with Crippen LogP contribution in [0.25, 0.3) is 11.0 Å². The molecule has 0 aliphatic carbocycles. The van der Waals surface area contributed by atoms with Crippen molar-refractivity contribution in [1.29, 1.82) is 0 Å². The first-order chi connectivity index (χ1) is 13.6. The predicted octanol–water partition coefficient (Wildman–Crippen LogP) is 1.31. The lowest BCUT2D eigenvalue weighted by Crippen LogP contribution is -2.49. The van der Waals surface area contributed by atoms with Crippen molar-refractivity contribution >= 4 is 28.6 Å². The summed E-state index contributed by atoms with van der Waals surface area (Å²) in [5.74, 6) is 2.97. The van der Waals surface area contributed by atoms with Gasteiger partial charge in [0.1, 0.15) is 29.5 Å². The highest BCUT2D eigenvalue weighted by Gasteiger charge is 2.37. The Kier molecular flexibility index (Phi) is 3.73. The zero-order chi connectivity index (χ0) is 19.3. The number of hydrogen-bond acceptors (Lipinski definition) is 7. The molecule has 0 saturated carbocycles. The predicted molar refractivity (Wildman–Crippen MR) is 104 cm³/mol. The second kappa shape index (κ2) is 6.16. The van der Waals surface area contributed by atoms with Crippen LogP contribution in [0.2, 0.25) is 0 Å². The Bertz CT molecular complexity index is 1070. The monoisotopic (exact) mass is 379 g/mol. The molecule has 4 N–H and O–H groups in total. The van der Waals surface area contributed by atoms with E-state index in [1.54, 1.807) is 7.11 Å². The molecule has 9 nitrogen and oxygen atoms in total. The highest BCUT2D eigenvalue weighted by atomic mass is 16.5. The molecule has 2 aromatic heterocycles. The number of ether oxygens (including phenoxy) is 1. The number of benzene rings is 1. The van der Waals surface area contributed by atoms with Gasteiger partial charge in [0, 0.05) is 24.7 Å². The van der Waals surface area contributed by atoms with Gasteiger partial charge in [-0.15, -0.1) is 0 Å².